The maximum atomic E-state index is 8.66. The van der Waals surface area contributed by atoms with Gasteiger partial charge in [0.2, 0.25) is 0 Å². The summed E-state index contributed by atoms with van der Waals surface area (Å²) in [6.45, 7) is 0.779. The van der Waals surface area contributed by atoms with Crippen LogP contribution in [0.25, 0.3) is 0 Å². The molecule has 0 saturated carbocycles. The Labute approximate surface area is 83.5 Å². The third kappa shape index (κ3) is 1.63. The minimum atomic E-state index is 0.336. The van der Waals surface area contributed by atoms with Crippen molar-refractivity contribution in [1.29, 1.82) is 5.26 Å². The van der Waals surface area contributed by atoms with Gasteiger partial charge >= 0.3 is 0 Å². The van der Waals surface area contributed by atoms with Gasteiger partial charge in [-0.05, 0) is 24.1 Å². The molecule has 72 valence electrons. The van der Waals surface area contributed by atoms with Gasteiger partial charge < -0.3 is 0 Å². The van der Waals surface area contributed by atoms with Gasteiger partial charge in [-0.3, -0.25) is 4.84 Å². The number of rotatable bonds is 1. The molecule has 1 fully saturated rings. The zero-order valence-electron chi connectivity index (χ0n) is 8.10. The number of nitrogens with zero attached hydrogens (tertiary/aromatic N) is 2. The molecule has 0 bridgehead atoms. The summed E-state index contributed by atoms with van der Waals surface area (Å²) in [7, 11) is 1.94. The van der Waals surface area contributed by atoms with Crippen molar-refractivity contribution in [1.82, 2.24) is 5.06 Å². The second kappa shape index (κ2) is 3.79. The predicted octanol–water partition coefficient (Wildman–Crippen LogP) is 1.87. The van der Waals surface area contributed by atoms with E-state index >= 15 is 0 Å². The van der Waals surface area contributed by atoms with Crippen molar-refractivity contribution in [2.24, 2.45) is 0 Å². The van der Waals surface area contributed by atoms with Crippen LogP contribution in [0, 0.1) is 11.3 Å². The van der Waals surface area contributed by atoms with Crippen LogP contribution in [0.4, 0.5) is 0 Å². The lowest BCUT2D eigenvalue weighted by Crippen LogP contribution is -2.15. The van der Waals surface area contributed by atoms with Crippen LogP contribution in [0.2, 0.25) is 0 Å². The predicted molar refractivity (Wildman–Crippen MR) is 52.2 cm³/mol. The van der Waals surface area contributed by atoms with Crippen molar-refractivity contribution in [3.8, 4) is 6.07 Å². The molecule has 0 amide bonds. The van der Waals surface area contributed by atoms with Crippen LogP contribution in [-0.4, -0.2) is 18.7 Å². The number of hydrogen-bond acceptors (Lipinski definition) is 3. The van der Waals surface area contributed by atoms with Gasteiger partial charge in [0, 0.05) is 7.05 Å². The summed E-state index contributed by atoms with van der Waals surface area (Å²) in [5, 5.41) is 10.5. The molecule has 3 heteroatoms. The van der Waals surface area contributed by atoms with E-state index in [1.165, 1.54) is 5.56 Å². The summed E-state index contributed by atoms with van der Waals surface area (Å²) in [6.07, 6.45) is 1.02. The van der Waals surface area contributed by atoms with E-state index in [2.05, 4.69) is 6.07 Å². The molecule has 1 heterocycles. The maximum Gasteiger partial charge on any atom is 0.0991 e. The van der Waals surface area contributed by atoms with E-state index < -0.39 is 0 Å². The summed E-state index contributed by atoms with van der Waals surface area (Å²) >= 11 is 0. The van der Waals surface area contributed by atoms with E-state index in [-0.39, 0.29) is 0 Å². The minimum absolute atomic E-state index is 0.336. The molecule has 0 radical (unpaired) electrons. The average molecular weight is 188 g/mol. The number of benzene rings is 1. The number of nitriles is 1. The van der Waals surface area contributed by atoms with Crippen molar-refractivity contribution >= 4 is 0 Å². The third-order valence-corrected chi connectivity index (χ3v) is 2.55. The Bertz CT molecular complexity index is 353. The van der Waals surface area contributed by atoms with Crippen LogP contribution in [0.5, 0.6) is 0 Å². The molecule has 0 aromatic heterocycles. The van der Waals surface area contributed by atoms with Crippen LogP contribution in [0.3, 0.4) is 0 Å². The molecule has 1 saturated heterocycles. The van der Waals surface area contributed by atoms with E-state index in [9.17, 15) is 0 Å². The summed E-state index contributed by atoms with van der Waals surface area (Å²) < 4.78 is 0. The fourth-order valence-corrected chi connectivity index (χ4v) is 1.74. The molecule has 0 aliphatic carbocycles. The van der Waals surface area contributed by atoms with Crippen LogP contribution >= 0.6 is 0 Å². The zero-order valence-corrected chi connectivity index (χ0v) is 8.10. The molecule has 1 aromatic carbocycles. The Hall–Kier alpha value is -1.37. The lowest BCUT2D eigenvalue weighted by atomic mass is 10.0. The average Bonchev–Trinajstić information content (AvgIpc) is 2.65. The van der Waals surface area contributed by atoms with Gasteiger partial charge in [0.25, 0.3) is 0 Å². The normalized spacial score (nSPS) is 22.1. The highest BCUT2D eigenvalue weighted by molar-refractivity contribution is 5.32. The van der Waals surface area contributed by atoms with Crippen molar-refractivity contribution < 1.29 is 4.84 Å². The fourth-order valence-electron chi connectivity index (χ4n) is 1.74. The summed E-state index contributed by atoms with van der Waals surface area (Å²) in [5.41, 5.74) is 1.92. The highest BCUT2D eigenvalue weighted by atomic mass is 16.7. The first-order chi connectivity index (χ1) is 6.81. The highest BCUT2D eigenvalue weighted by Crippen LogP contribution is 2.28. The topological polar surface area (TPSA) is 36.3 Å². The molecular weight excluding hydrogens is 176 g/mol. The fraction of sp³-hybridized carbons (Fsp3) is 0.364. The second-order valence-electron chi connectivity index (χ2n) is 3.42. The van der Waals surface area contributed by atoms with E-state index in [4.69, 9.17) is 10.1 Å². The van der Waals surface area contributed by atoms with Gasteiger partial charge in [-0.1, -0.05) is 12.1 Å². The first-order valence-corrected chi connectivity index (χ1v) is 4.67. The van der Waals surface area contributed by atoms with Gasteiger partial charge in [-0.15, -0.1) is 0 Å². The van der Waals surface area contributed by atoms with Crippen molar-refractivity contribution in [2.75, 3.05) is 13.7 Å². The SMILES string of the molecule is CN1OCC[C@H]1c1ccc(C#N)cc1. The second-order valence-corrected chi connectivity index (χ2v) is 3.42. The zero-order chi connectivity index (χ0) is 9.97. The molecule has 1 aromatic rings. The first-order valence-electron chi connectivity index (χ1n) is 4.67. The number of hydroxylamine groups is 2. The Balaban J connectivity index is 2.21. The monoisotopic (exact) mass is 188 g/mol. The lowest BCUT2D eigenvalue weighted by molar-refractivity contribution is -0.110. The quantitative estimate of drug-likeness (QED) is 0.675. The standard InChI is InChI=1S/C11H12N2O/c1-13-11(6-7-14-13)10-4-2-9(8-12)3-5-10/h2-5,11H,6-7H2,1H3/t11-/m0/s1. The lowest BCUT2D eigenvalue weighted by Gasteiger charge is -2.17. The van der Waals surface area contributed by atoms with Gasteiger partial charge in [0.1, 0.15) is 0 Å². The van der Waals surface area contributed by atoms with Crippen molar-refractivity contribution in [2.45, 2.75) is 12.5 Å². The molecule has 0 spiro atoms. The Morgan fingerprint density at radius 1 is 1.43 bits per heavy atom. The van der Waals surface area contributed by atoms with Crippen molar-refractivity contribution in [3.05, 3.63) is 35.4 Å². The van der Waals surface area contributed by atoms with E-state index in [1.807, 2.05) is 36.4 Å². The largest absolute Gasteiger partial charge is 0.299 e. The first kappa shape index (κ1) is 9.20. The molecule has 1 aliphatic heterocycles. The molecule has 0 N–H and O–H groups in total. The van der Waals surface area contributed by atoms with Crippen LogP contribution in [0.15, 0.2) is 24.3 Å². The van der Waals surface area contributed by atoms with Crippen molar-refractivity contribution in [3.63, 3.8) is 0 Å². The molecule has 0 unspecified atom stereocenters. The summed E-state index contributed by atoms with van der Waals surface area (Å²) in [5.74, 6) is 0. The number of hydrogen-bond donors (Lipinski definition) is 0. The Morgan fingerprint density at radius 3 is 2.64 bits per heavy atom. The van der Waals surface area contributed by atoms with Gasteiger partial charge in [-0.25, -0.2) is 0 Å². The minimum Gasteiger partial charge on any atom is -0.299 e. The van der Waals surface area contributed by atoms with E-state index in [1.54, 1.807) is 0 Å². The molecule has 3 nitrogen and oxygen atoms in total. The molecule has 1 atom stereocenters. The molecular formula is C11H12N2O. The summed E-state index contributed by atoms with van der Waals surface area (Å²) in [4.78, 5) is 5.34. The Morgan fingerprint density at radius 2 is 2.14 bits per heavy atom. The Kier molecular flexibility index (Phi) is 2.49. The van der Waals surface area contributed by atoms with Crippen LogP contribution < -0.4 is 0 Å². The van der Waals surface area contributed by atoms with Crippen LogP contribution in [0.1, 0.15) is 23.6 Å². The maximum absolute atomic E-state index is 8.66. The molecule has 2 rings (SSSR count). The molecule has 1 aliphatic rings. The van der Waals surface area contributed by atoms with Crippen LogP contribution in [-0.2, 0) is 4.84 Å². The highest BCUT2D eigenvalue weighted by Gasteiger charge is 2.23. The van der Waals surface area contributed by atoms with Gasteiger partial charge in [0.05, 0.1) is 24.3 Å². The van der Waals surface area contributed by atoms with E-state index in [0.717, 1.165) is 13.0 Å². The third-order valence-electron chi connectivity index (χ3n) is 2.55. The smallest absolute Gasteiger partial charge is 0.0991 e. The van der Waals surface area contributed by atoms with E-state index in [0.29, 0.717) is 11.6 Å². The summed E-state index contributed by atoms with van der Waals surface area (Å²) in [6, 6.07) is 10.1. The van der Waals surface area contributed by atoms with Gasteiger partial charge in [-0.2, -0.15) is 10.3 Å². The van der Waals surface area contributed by atoms with Gasteiger partial charge in [0.15, 0.2) is 0 Å². The molecule has 14 heavy (non-hydrogen) atoms.